The highest BCUT2D eigenvalue weighted by Gasteiger charge is 2.06. The largest absolute Gasteiger partial charge is 0.276 e. The van der Waals surface area contributed by atoms with E-state index in [0.717, 1.165) is 0 Å². The fourth-order valence-electron chi connectivity index (χ4n) is 1.36. The van der Waals surface area contributed by atoms with Crippen LogP contribution in [0, 0.1) is 0 Å². The Labute approximate surface area is 106 Å². The highest BCUT2D eigenvalue weighted by Crippen LogP contribution is 2.35. The Kier molecular flexibility index (Phi) is 3.91. The lowest BCUT2D eigenvalue weighted by Crippen LogP contribution is -2.03. The zero-order chi connectivity index (χ0) is 10.5. The first-order valence-electron chi connectivity index (χ1n) is 4.61. The van der Waals surface area contributed by atoms with Crippen LogP contribution in [0.4, 0.5) is 11.4 Å². The highest BCUT2D eigenvalue weighted by atomic mass is 127. The first-order chi connectivity index (χ1) is 7.42. The molecular formula is C12H10INS. The quantitative estimate of drug-likeness (QED) is 0.587. The third-order valence-corrected chi connectivity index (χ3v) is 3.79. The van der Waals surface area contributed by atoms with Gasteiger partial charge in [-0.3, -0.25) is 4.31 Å². The minimum Gasteiger partial charge on any atom is -0.276 e. The second kappa shape index (κ2) is 5.42. The van der Waals surface area contributed by atoms with Gasteiger partial charge in [-0.25, -0.2) is 0 Å². The van der Waals surface area contributed by atoms with E-state index in [0.29, 0.717) is 0 Å². The molecule has 0 fully saturated rings. The lowest BCUT2D eigenvalue weighted by molar-refractivity contribution is 1.44. The predicted octanol–water partition coefficient (Wildman–Crippen LogP) is 4.82. The summed E-state index contributed by atoms with van der Waals surface area (Å²) < 4.78 is 2.19. The molecule has 2 rings (SSSR count). The fraction of sp³-hybridized carbons (Fsp3) is 0. The Morgan fingerprint density at radius 2 is 1.13 bits per heavy atom. The molecule has 3 heteroatoms. The van der Waals surface area contributed by atoms with E-state index in [2.05, 4.69) is 74.0 Å². The van der Waals surface area contributed by atoms with Gasteiger partial charge in [0.2, 0.25) is 0 Å². The minimum atomic E-state index is 1.20. The molecule has 0 heterocycles. The third-order valence-electron chi connectivity index (χ3n) is 2.05. The Hall–Kier alpha value is -0.680. The molecule has 0 unspecified atom stereocenters. The first-order valence-corrected chi connectivity index (χ1v) is 7.92. The summed E-state index contributed by atoms with van der Waals surface area (Å²) >= 11 is 2.30. The molecule has 0 aliphatic rings. The van der Waals surface area contributed by atoms with Crippen molar-refractivity contribution in [2.75, 3.05) is 4.31 Å². The summed E-state index contributed by atoms with van der Waals surface area (Å²) in [6, 6.07) is 20.7. The van der Waals surface area contributed by atoms with Crippen LogP contribution in [0.2, 0.25) is 0 Å². The fourth-order valence-corrected chi connectivity index (χ4v) is 3.12. The molecular weight excluding hydrogens is 317 g/mol. The van der Waals surface area contributed by atoms with Gasteiger partial charge in [-0.15, -0.1) is 0 Å². The Morgan fingerprint density at radius 1 is 0.733 bits per heavy atom. The molecule has 2 aromatic rings. The van der Waals surface area contributed by atoms with E-state index in [1.807, 2.05) is 12.1 Å². The maximum atomic E-state index is 2.30. The monoisotopic (exact) mass is 327 g/mol. The number of rotatable bonds is 3. The zero-order valence-corrected chi connectivity index (χ0v) is 11.0. The van der Waals surface area contributed by atoms with E-state index in [4.69, 9.17) is 0 Å². The summed E-state index contributed by atoms with van der Waals surface area (Å²) in [7, 11) is 1.68. The topological polar surface area (TPSA) is 3.24 Å². The molecule has 15 heavy (non-hydrogen) atoms. The predicted molar refractivity (Wildman–Crippen MR) is 76.6 cm³/mol. The van der Waals surface area contributed by atoms with Crippen LogP contribution in [0.25, 0.3) is 0 Å². The smallest absolute Gasteiger partial charge is 0.0532 e. The van der Waals surface area contributed by atoms with E-state index in [1.165, 1.54) is 11.4 Å². The van der Waals surface area contributed by atoms with Crippen LogP contribution in [0.1, 0.15) is 0 Å². The summed E-state index contributed by atoms with van der Waals surface area (Å²) in [6.45, 7) is 0. The van der Waals surface area contributed by atoms with Gasteiger partial charge in [0.15, 0.2) is 0 Å². The lowest BCUT2D eigenvalue weighted by Gasteiger charge is -2.20. The average molecular weight is 327 g/mol. The van der Waals surface area contributed by atoms with E-state index >= 15 is 0 Å². The molecule has 2 aromatic carbocycles. The van der Waals surface area contributed by atoms with Gasteiger partial charge in [-0.1, -0.05) is 36.4 Å². The van der Waals surface area contributed by atoms with Crippen molar-refractivity contribution in [1.29, 1.82) is 0 Å². The van der Waals surface area contributed by atoms with Crippen molar-refractivity contribution in [3.63, 3.8) is 0 Å². The second-order valence-corrected chi connectivity index (χ2v) is 4.72. The van der Waals surface area contributed by atoms with E-state index in [1.54, 1.807) is 9.12 Å². The Bertz CT molecular complexity index is 365. The zero-order valence-electron chi connectivity index (χ0n) is 8.01. The van der Waals surface area contributed by atoms with Crippen LogP contribution in [-0.2, 0) is 0 Å². The Morgan fingerprint density at radius 3 is 1.47 bits per heavy atom. The molecule has 76 valence electrons. The lowest BCUT2D eigenvalue weighted by atomic mass is 10.3. The van der Waals surface area contributed by atoms with Crippen LogP contribution in [-0.4, -0.2) is 0 Å². The third kappa shape index (κ3) is 2.66. The van der Waals surface area contributed by atoms with Crippen molar-refractivity contribution in [1.82, 2.24) is 0 Å². The van der Waals surface area contributed by atoms with Crippen LogP contribution in [0.3, 0.4) is 0 Å². The van der Waals surface area contributed by atoms with Gasteiger partial charge in [0.1, 0.15) is 0 Å². The minimum absolute atomic E-state index is 1.20. The first kappa shape index (κ1) is 10.8. The van der Waals surface area contributed by atoms with Crippen molar-refractivity contribution in [3.8, 4) is 0 Å². The molecule has 0 radical (unpaired) electrons. The summed E-state index contributed by atoms with van der Waals surface area (Å²) in [5, 5.41) is 0. The molecule has 0 amide bonds. The van der Waals surface area contributed by atoms with Crippen LogP contribution < -0.4 is 4.31 Å². The van der Waals surface area contributed by atoms with Gasteiger partial charge >= 0.3 is 0 Å². The maximum absolute atomic E-state index is 2.30. The van der Waals surface area contributed by atoms with E-state index in [-0.39, 0.29) is 0 Å². The summed E-state index contributed by atoms with van der Waals surface area (Å²) in [5.41, 5.74) is 2.39. The molecule has 0 saturated carbocycles. The number of hydrogen-bond donors (Lipinski definition) is 0. The number of nitrogens with zero attached hydrogens (tertiary/aromatic N) is 1. The number of para-hydroxylation sites is 2. The maximum Gasteiger partial charge on any atom is 0.0532 e. The van der Waals surface area contributed by atoms with Crippen LogP contribution in [0.5, 0.6) is 0 Å². The molecule has 0 atom stereocenters. The molecule has 0 saturated heterocycles. The molecule has 0 bridgehead atoms. The van der Waals surface area contributed by atoms with Gasteiger partial charge in [-0.05, 0) is 24.3 Å². The summed E-state index contributed by atoms with van der Waals surface area (Å²) in [6.07, 6.45) is 0. The summed E-state index contributed by atoms with van der Waals surface area (Å²) in [5.74, 6) is 0. The summed E-state index contributed by atoms with van der Waals surface area (Å²) in [4.78, 5) is 0. The van der Waals surface area contributed by atoms with Crippen molar-refractivity contribution < 1.29 is 0 Å². The molecule has 0 N–H and O–H groups in total. The van der Waals surface area contributed by atoms with Crippen LogP contribution in [0.15, 0.2) is 60.7 Å². The van der Waals surface area contributed by atoms with Gasteiger partial charge < -0.3 is 0 Å². The molecule has 0 aromatic heterocycles. The van der Waals surface area contributed by atoms with E-state index < -0.39 is 0 Å². The SMILES string of the molecule is ISN(c1ccccc1)c1ccccc1. The normalized spacial score (nSPS) is 9.93. The van der Waals surface area contributed by atoms with Crippen molar-refractivity contribution >= 4 is 41.7 Å². The number of anilines is 2. The molecule has 1 nitrogen and oxygen atoms in total. The van der Waals surface area contributed by atoms with Crippen LogP contribution >= 0.6 is 30.3 Å². The van der Waals surface area contributed by atoms with Gasteiger partial charge in [-0.2, -0.15) is 0 Å². The van der Waals surface area contributed by atoms with Crippen molar-refractivity contribution in [3.05, 3.63) is 60.7 Å². The van der Waals surface area contributed by atoms with Crippen molar-refractivity contribution in [2.45, 2.75) is 0 Å². The second-order valence-electron chi connectivity index (χ2n) is 3.03. The van der Waals surface area contributed by atoms with E-state index in [9.17, 15) is 0 Å². The standard InChI is InChI=1S/C12H10INS/c13-15-14(11-7-3-1-4-8-11)12-9-5-2-6-10-12/h1-10H. The highest BCUT2D eigenvalue weighted by molar-refractivity contribution is 14.2. The van der Waals surface area contributed by atoms with Gasteiger partial charge in [0.05, 0.1) is 11.4 Å². The van der Waals surface area contributed by atoms with Crippen molar-refractivity contribution in [2.24, 2.45) is 0 Å². The van der Waals surface area contributed by atoms with Gasteiger partial charge in [0, 0.05) is 30.3 Å². The molecule has 0 aliphatic carbocycles. The number of halogens is 1. The van der Waals surface area contributed by atoms with Gasteiger partial charge in [0.25, 0.3) is 0 Å². The average Bonchev–Trinajstić information content (AvgIpc) is 2.33. The Balaban J connectivity index is 2.34. The number of benzene rings is 2. The molecule has 0 aliphatic heterocycles. The molecule has 0 spiro atoms. The number of hydrogen-bond acceptors (Lipinski definition) is 2.